The second kappa shape index (κ2) is 5.38. The number of amides is 1. The summed E-state index contributed by atoms with van der Waals surface area (Å²) in [4.78, 5) is 18.8. The van der Waals surface area contributed by atoms with E-state index in [0.717, 1.165) is 15.6 Å². The van der Waals surface area contributed by atoms with E-state index >= 15 is 0 Å². The number of hydrogen-bond acceptors (Lipinski definition) is 4. The molecule has 0 bridgehead atoms. The second-order valence-electron chi connectivity index (χ2n) is 5.37. The van der Waals surface area contributed by atoms with E-state index in [-0.39, 0.29) is 5.91 Å². The smallest absolute Gasteiger partial charge is 0.294 e. The number of carbonyl (C=O) groups is 1. The lowest BCUT2D eigenvalue weighted by molar-refractivity contribution is 0.0951. The molecule has 1 aliphatic rings. The highest BCUT2D eigenvalue weighted by Gasteiger charge is 2.27. The minimum absolute atomic E-state index is 0.187. The Morgan fingerprint density at radius 2 is 2.13 bits per heavy atom. The van der Waals surface area contributed by atoms with Crippen LogP contribution in [0.5, 0.6) is 5.88 Å². The number of benzene rings is 1. The summed E-state index contributed by atoms with van der Waals surface area (Å²) < 4.78 is 12.2. The van der Waals surface area contributed by atoms with Crippen molar-refractivity contribution in [1.29, 1.82) is 0 Å². The van der Waals surface area contributed by atoms with Crippen molar-refractivity contribution < 1.29 is 13.9 Å². The lowest BCUT2D eigenvalue weighted by atomic mass is 10.2. The number of rotatable bonds is 1. The van der Waals surface area contributed by atoms with Gasteiger partial charge in [-0.15, -0.1) is 0 Å². The van der Waals surface area contributed by atoms with Gasteiger partial charge in [0.25, 0.3) is 5.91 Å². The van der Waals surface area contributed by atoms with Gasteiger partial charge in [-0.1, -0.05) is 15.9 Å². The lowest BCUT2D eigenvalue weighted by Gasteiger charge is -2.28. The number of furan rings is 1. The molecule has 23 heavy (non-hydrogen) atoms. The maximum atomic E-state index is 12.8. The number of carbonyl (C=O) groups excluding carboxylic acids is 1. The van der Waals surface area contributed by atoms with E-state index < -0.39 is 0 Å². The molecule has 116 valence electrons. The Morgan fingerprint density at radius 3 is 3.00 bits per heavy atom. The molecule has 0 saturated heterocycles. The molecule has 0 spiro atoms. The lowest BCUT2D eigenvalue weighted by Crippen LogP contribution is -2.38. The second-order valence-corrected chi connectivity index (χ2v) is 6.29. The van der Waals surface area contributed by atoms with Gasteiger partial charge in [0.05, 0.1) is 6.54 Å². The van der Waals surface area contributed by atoms with Crippen LogP contribution in [0.1, 0.15) is 16.2 Å². The first kappa shape index (κ1) is 14.3. The van der Waals surface area contributed by atoms with E-state index in [0.29, 0.717) is 36.1 Å². The maximum Gasteiger partial charge on any atom is 0.294 e. The molecule has 0 N–H and O–H groups in total. The fourth-order valence-electron chi connectivity index (χ4n) is 2.65. The van der Waals surface area contributed by atoms with Crippen LogP contribution in [0.3, 0.4) is 0 Å². The standard InChI is InChI=1S/C17H13BrN2O3/c1-10-2-4-13-16(19-10)22-7-6-20(13)17(21)15-9-11-8-12(18)3-5-14(11)23-15/h2-5,8-9H,6-7H2,1H3. The van der Waals surface area contributed by atoms with Crippen LogP contribution in [0, 0.1) is 6.92 Å². The van der Waals surface area contributed by atoms with E-state index in [1.165, 1.54) is 0 Å². The number of pyridine rings is 1. The van der Waals surface area contributed by atoms with Gasteiger partial charge in [0.1, 0.15) is 17.9 Å². The molecule has 0 fully saturated rings. The summed E-state index contributed by atoms with van der Waals surface area (Å²) in [7, 11) is 0. The predicted molar refractivity (Wildman–Crippen MR) is 90.1 cm³/mol. The number of aromatic nitrogens is 1. The Hall–Kier alpha value is -2.34. The number of ether oxygens (including phenoxy) is 1. The highest BCUT2D eigenvalue weighted by atomic mass is 79.9. The van der Waals surface area contributed by atoms with Crippen molar-refractivity contribution in [2.24, 2.45) is 0 Å². The largest absolute Gasteiger partial charge is 0.474 e. The number of fused-ring (bicyclic) bond motifs is 2. The van der Waals surface area contributed by atoms with Gasteiger partial charge in [-0.2, -0.15) is 0 Å². The summed E-state index contributed by atoms with van der Waals surface area (Å²) in [6.45, 7) is 2.78. The molecular formula is C17H13BrN2O3. The van der Waals surface area contributed by atoms with Crippen LogP contribution in [0.15, 0.2) is 45.3 Å². The fraction of sp³-hybridized carbons (Fsp3) is 0.176. The molecule has 6 heteroatoms. The molecule has 3 heterocycles. The van der Waals surface area contributed by atoms with Crippen LogP contribution in [0.25, 0.3) is 11.0 Å². The van der Waals surface area contributed by atoms with Gasteiger partial charge >= 0.3 is 0 Å². The van der Waals surface area contributed by atoms with Crippen molar-refractivity contribution in [3.63, 3.8) is 0 Å². The number of anilines is 1. The van der Waals surface area contributed by atoms with Crippen LogP contribution in [-0.4, -0.2) is 24.0 Å². The molecule has 0 unspecified atom stereocenters. The van der Waals surface area contributed by atoms with Crippen molar-refractivity contribution >= 4 is 38.5 Å². The highest BCUT2D eigenvalue weighted by Crippen LogP contribution is 2.32. The first-order chi connectivity index (χ1) is 11.1. The molecule has 0 radical (unpaired) electrons. The summed E-state index contributed by atoms with van der Waals surface area (Å²) >= 11 is 3.42. The van der Waals surface area contributed by atoms with E-state index in [4.69, 9.17) is 9.15 Å². The van der Waals surface area contributed by atoms with Crippen molar-refractivity contribution in [2.45, 2.75) is 6.92 Å². The van der Waals surface area contributed by atoms with Gasteiger partial charge in [-0.05, 0) is 43.3 Å². The van der Waals surface area contributed by atoms with Gasteiger partial charge in [0.2, 0.25) is 5.88 Å². The summed E-state index contributed by atoms with van der Waals surface area (Å²) in [5.41, 5.74) is 2.21. The first-order valence-corrected chi connectivity index (χ1v) is 8.02. The minimum atomic E-state index is -0.187. The third kappa shape index (κ3) is 2.49. The number of nitrogens with zero attached hydrogens (tertiary/aromatic N) is 2. The molecule has 2 aromatic heterocycles. The quantitative estimate of drug-likeness (QED) is 0.649. The Bertz CT molecular complexity index is 919. The van der Waals surface area contributed by atoms with Crippen molar-refractivity contribution in [3.05, 3.63) is 52.3 Å². The third-order valence-corrected chi connectivity index (χ3v) is 4.25. The van der Waals surface area contributed by atoms with Gasteiger partial charge in [-0.25, -0.2) is 4.98 Å². The highest BCUT2D eigenvalue weighted by molar-refractivity contribution is 9.10. The van der Waals surface area contributed by atoms with Crippen LogP contribution in [0.4, 0.5) is 5.69 Å². The average Bonchev–Trinajstić information content (AvgIpc) is 2.96. The van der Waals surface area contributed by atoms with Crippen molar-refractivity contribution in [2.75, 3.05) is 18.1 Å². The number of hydrogen-bond donors (Lipinski definition) is 0. The zero-order chi connectivity index (χ0) is 16.0. The van der Waals surface area contributed by atoms with Gasteiger partial charge in [0, 0.05) is 15.6 Å². The Balaban J connectivity index is 1.74. The van der Waals surface area contributed by atoms with E-state index in [9.17, 15) is 4.79 Å². The SMILES string of the molecule is Cc1ccc2c(n1)OCCN2C(=O)c1cc2cc(Br)ccc2o1. The molecular weight excluding hydrogens is 360 g/mol. The zero-order valence-electron chi connectivity index (χ0n) is 12.4. The summed E-state index contributed by atoms with van der Waals surface area (Å²) in [6.07, 6.45) is 0. The Kier molecular flexibility index (Phi) is 3.34. The normalized spacial score (nSPS) is 13.7. The fourth-order valence-corrected chi connectivity index (χ4v) is 3.03. The molecule has 0 atom stereocenters. The summed E-state index contributed by atoms with van der Waals surface area (Å²) in [5.74, 6) is 0.613. The van der Waals surface area contributed by atoms with Crippen LogP contribution in [-0.2, 0) is 0 Å². The minimum Gasteiger partial charge on any atom is -0.474 e. The number of aryl methyl sites for hydroxylation is 1. The number of halogens is 1. The molecule has 1 aliphatic heterocycles. The molecule has 1 aromatic carbocycles. The van der Waals surface area contributed by atoms with Crippen molar-refractivity contribution in [3.8, 4) is 5.88 Å². The predicted octanol–water partition coefficient (Wildman–Crippen LogP) is 3.94. The monoisotopic (exact) mass is 372 g/mol. The van der Waals surface area contributed by atoms with Gasteiger partial charge in [-0.3, -0.25) is 9.69 Å². The van der Waals surface area contributed by atoms with E-state index in [1.54, 1.807) is 11.0 Å². The van der Waals surface area contributed by atoms with Crippen LogP contribution < -0.4 is 9.64 Å². The third-order valence-electron chi connectivity index (χ3n) is 3.76. The van der Waals surface area contributed by atoms with Gasteiger partial charge < -0.3 is 9.15 Å². The molecule has 0 aliphatic carbocycles. The van der Waals surface area contributed by atoms with Gasteiger partial charge in [0.15, 0.2) is 5.76 Å². The van der Waals surface area contributed by atoms with E-state index in [2.05, 4.69) is 20.9 Å². The maximum absolute atomic E-state index is 12.8. The average molecular weight is 373 g/mol. The summed E-state index contributed by atoms with van der Waals surface area (Å²) in [5, 5.41) is 0.887. The van der Waals surface area contributed by atoms with Crippen LogP contribution >= 0.6 is 15.9 Å². The molecule has 3 aromatic rings. The van der Waals surface area contributed by atoms with E-state index in [1.807, 2.05) is 37.3 Å². The molecule has 1 amide bonds. The summed E-state index contributed by atoms with van der Waals surface area (Å²) in [6, 6.07) is 11.1. The Morgan fingerprint density at radius 1 is 1.26 bits per heavy atom. The van der Waals surface area contributed by atoms with Crippen molar-refractivity contribution in [1.82, 2.24) is 4.98 Å². The van der Waals surface area contributed by atoms with Crippen LogP contribution in [0.2, 0.25) is 0 Å². The first-order valence-electron chi connectivity index (χ1n) is 7.23. The molecule has 5 nitrogen and oxygen atoms in total. The molecule has 0 saturated carbocycles. The molecule has 4 rings (SSSR count). The zero-order valence-corrected chi connectivity index (χ0v) is 14.0. The topological polar surface area (TPSA) is 55.6 Å². The Labute approximate surface area is 141 Å².